The fourth-order valence-electron chi connectivity index (χ4n) is 3.18. The molecule has 2 aliphatic heterocycles. The molecule has 2 saturated heterocycles. The minimum atomic E-state index is 0.990. The highest BCUT2D eigenvalue weighted by Gasteiger charge is 2.16. The number of hydrogen-bond acceptors (Lipinski definition) is 5. The average Bonchev–Trinajstić information content (AvgIpc) is 2.52. The van der Waals surface area contributed by atoms with Gasteiger partial charge in [0.1, 0.15) is 0 Å². The molecule has 0 atom stereocenters. The molecular weight excluding hydrogens is 274 g/mol. The van der Waals surface area contributed by atoms with Crippen LogP contribution in [-0.4, -0.2) is 91.0 Å². The molecule has 0 spiro atoms. The van der Waals surface area contributed by atoms with Gasteiger partial charge in [-0.15, -0.1) is 0 Å². The van der Waals surface area contributed by atoms with E-state index >= 15 is 0 Å². The van der Waals surface area contributed by atoms with Crippen molar-refractivity contribution in [3.63, 3.8) is 0 Å². The minimum absolute atomic E-state index is 0.990. The molecule has 122 valence electrons. The van der Waals surface area contributed by atoms with Crippen LogP contribution in [0.1, 0.15) is 11.4 Å². The molecule has 3 heterocycles. The molecule has 2 aliphatic rings. The fraction of sp³-hybridized carbons (Fsp3) is 0.706. The van der Waals surface area contributed by atoms with Gasteiger partial charge in [0.2, 0.25) is 0 Å². The van der Waals surface area contributed by atoms with E-state index in [1.54, 1.807) is 0 Å². The molecule has 0 aromatic carbocycles. The highest BCUT2D eigenvalue weighted by atomic mass is 15.3. The molecule has 1 aromatic rings. The van der Waals surface area contributed by atoms with Gasteiger partial charge < -0.3 is 9.80 Å². The van der Waals surface area contributed by atoms with Gasteiger partial charge in [0.15, 0.2) is 0 Å². The van der Waals surface area contributed by atoms with Crippen LogP contribution in [0.2, 0.25) is 0 Å². The van der Waals surface area contributed by atoms with E-state index in [-0.39, 0.29) is 0 Å². The number of pyridine rings is 1. The molecule has 2 fully saturated rings. The van der Waals surface area contributed by atoms with Crippen LogP contribution in [0.15, 0.2) is 18.2 Å². The summed E-state index contributed by atoms with van der Waals surface area (Å²) >= 11 is 0. The lowest BCUT2D eigenvalue weighted by atomic mass is 10.2. The first-order chi connectivity index (χ1) is 10.7. The zero-order chi connectivity index (χ0) is 15.4. The SMILES string of the molecule is CN1CCN(Cc2cccc(CN3CCN(C)CC3)n2)CC1. The van der Waals surface area contributed by atoms with Crippen LogP contribution in [0.5, 0.6) is 0 Å². The van der Waals surface area contributed by atoms with Crippen LogP contribution in [-0.2, 0) is 13.1 Å². The number of piperazine rings is 2. The maximum absolute atomic E-state index is 4.89. The van der Waals surface area contributed by atoms with Gasteiger partial charge >= 0.3 is 0 Å². The quantitative estimate of drug-likeness (QED) is 0.810. The lowest BCUT2D eigenvalue weighted by molar-refractivity contribution is 0.143. The van der Waals surface area contributed by atoms with Crippen LogP contribution >= 0.6 is 0 Å². The molecule has 1 aromatic heterocycles. The topological polar surface area (TPSA) is 25.9 Å². The first-order valence-electron chi connectivity index (χ1n) is 8.46. The van der Waals surface area contributed by atoms with Gasteiger partial charge in [0.25, 0.3) is 0 Å². The molecule has 0 aliphatic carbocycles. The van der Waals surface area contributed by atoms with Gasteiger partial charge in [-0.3, -0.25) is 14.8 Å². The van der Waals surface area contributed by atoms with Gasteiger partial charge in [-0.25, -0.2) is 0 Å². The number of likely N-dealkylation sites (N-methyl/N-ethyl adjacent to an activating group) is 2. The Balaban J connectivity index is 1.53. The predicted octanol–water partition coefficient (Wildman–Crippen LogP) is 0.576. The third-order valence-corrected chi connectivity index (χ3v) is 4.83. The van der Waals surface area contributed by atoms with Crippen LogP contribution in [0.4, 0.5) is 0 Å². The second-order valence-electron chi connectivity index (χ2n) is 6.78. The molecule has 0 saturated carbocycles. The van der Waals surface area contributed by atoms with E-state index in [1.807, 2.05) is 0 Å². The van der Waals surface area contributed by atoms with Crippen molar-refractivity contribution in [1.82, 2.24) is 24.6 Å². The zero-order valence-corrected chi connectivity index (χ0v) is 14.0. The Kier molecular flexibility index (Phi) is 5.41. The second-order valence-corrected chi connectivity index (χ2v) is 6.78. The van der Waals surface area contributed by atoms with Crippen LogP contribution in [0, 0.1) is 0 Å². The molecule has 5 heteroatoms. The maximum atomic E-state index is 4.89. The molecular formula is C17H29N5. The Labute approximate surface area is 134 Å². The second kappa shape index (κ2) is 7.51. The van der Waals surface area contributed by atoms with Crippen molar-refractivity contribution in [2.24, 2.45) is 0 Å². The van der Waals surface area contributed by atoms with Crippen molar-refractivity contribution in [3.8, 4) is 0 Å². The van der Waals surface area contributed by atoms with Gasteiger partial charge in [0.05, 0.1) is 11.4 Å². The molecule has 0 radical (unpaired) electrons. The Morgan fingerprint density at radius 1 is 0.727 bits per heavy atom. The summed E-state index contributed by atoms with van der Waals surface area (Å²) in [5, 5.41) is 0. The average molecular weight is 303 g/mol. The third-order valence-electron chi connectivity index (χ3n) is 4.83. The van der Waals surface area contributed by atoms with Crippen molar-refractivity contribution in [2.45, 2.75) is 13.1 Å². The van der Waals surface area contributed by atoms with Crippen molar-refractivity contribution >= 4 is 0 Å². The van der Waals surface area contributed by atoms with E-state index in [9.17, 15) is 0 Å². The summed E-state index contributed by atoms with van der Waals surface area (Å²) in [6.07, 6.45) is 0. The fourth-order valence-corrected chi connectivity index (χ4v) is 3.18. The van der Waals surface area contributed by atoms with Crippen molar-refractivity contribution in [1.29, 1.82) is 0 Å². The number of aromatic nitrogens is 1. The monoisotopic (exact) mass is 303 g/mol. The standard InChI is InChI=1S/C17H29N5/c1-19-6-10-21(11-7-19)14-16-4-3-5-17(18-16)15-22-12-8-20(2)9-13-22/h3-5H,6-15H2,1-2H3. The van der Waals surface area contributed by atoms with E-state index in [4.69, 9.17) is 4.98 Å². The predicted molar refractivity (Wildman–Crippen MR) is 89.8 cm³/mol. The molecule has 5 nitrogen and oxygen atoms in total. The smallest absolute Gasteiger partial charge is 0.0547 e. The van der Waals surface area contributed by atoms with E-state index < -0.39 is 0 Å². The number of rotatable bonds is 4. The van der Waals surface area contributed by atoms with Crippen LogP contribution < -0.4 is 0 Å². The van der Waals surface area contributed by atoms with E-state index in [2.05, 4.69) is 51.9 Å². The lowest BCUT2D eigenvalue weighted by Crippen LogP contribution is -2.44. The van der Waals surface area contributed by atoms with Crippen LogP contribution in [0.3, 0.4) is 0 Å². The third kappa shape index (κ3) is 4.49. The molecule has 3 rings (SSSR count). The first-order valence-corrected chi connectivity index (χ1v) is 8.46. The van der Waals surface area contributed by atoms with Gasteiger partial charge in [0, 0.05) is 65.4 Å². The highest BCUT2D eigenvalue weighted by molar-refractivity contribution is 5.11. The van der Waals surface area contributed by atoms with Crippen LogP contribution in [0.25, 0.3) is 0 Å². The van der Waals surface area contributed by atoms with E-state index in [0.29, 0.717) is 0 Å². The largest absolute Gasteiger partial charge is 0.304 e. The van der Waals surface area contributed by atoms with Crippen molar-refractivity contribution < 1.29 is 0 Å². The Morgan fingerprint density at radius 2 is 1.14 bits per heavy atom. The van der Waals surface area contributed by atoms with Crippen molar-refractivity contribution in [3.05, 3.63) is 29.6 Å². The van der Waals surface area contributed by atoms with E-state index in [0.717, 1.165) is 39.3 Å². The molecule has 0 amide bonds. The summed E-state index contributed by atoms with van der Waals surface area (Å²) in [6.45, 7) is 11.3. The highest BCUT2D eigenvalue weighted by Crippen LogP contribution is 2.10. The summed E-state index contributed by atoms with van der Waals surface area (Å²) in [4.78, 5) is 14.7. The van der Waals surface area contributed by atoms with Gasteiger partial charge in [-0.2, -0.15) is 0 Å². The summed E-state index contributed by atoms with van der Waals surface area (Å²) < 4.78 is 0. The summed E-state index contributed by atoms with van der Waals surface area (Å²) in [6, 6.07) is 6.52. The lowest BCUT2D eigenvalue weighted by Gasteiger charge is -2.33. The van der Waals surface area contributed by atoms with Gasteiger partial charge in [-0.05, 0) is 26.2 Å². The molecule has 0 N–H and O–H groups in total. The minimum Gasteiger partial charge on any atom is -0.304 e. The Morgan fingerprint density at radius 3 is 1.55 bits per heavy atom. The maximum Gasteiger partial charge on any atom is 0.0547 e. The Hall–Kier alpha value is -1.01. The number of nitrogens with zero attached hydrogens (tertiary/aromatic N) is 5. The molecule has 22 heavy (non-hydrogen) atoms. The number of hydrogen-bond donors (Lipinski definition) is 0. The van der Waals surface area contributed by atoms with Gasteiger partial charge in [-0.1, -0.05) is 6.07 Å². The summed E-state index contributed by atoms with van der Waals surface area (Å²) in [7, 11) is 4.40. The first kappa shape index (κ1) is 15.9. The molecule has 0 bridgehead atoms. The van der Waals surface area contributed by atoms with E-state index in [1.165, 1.54) is 37.6 Å². The summed E-state index contributed by atoms with van der Waals surface area (Å²) in [5.41, 5.74) is 2.44. The summed E-state index contributed by atoms with van der Waals surface area (Å²) in [5.74, 6) is 0. The zero-order valence-electron chi connectivity index (χ0n) is 14.0. The Bertz CT molecular complexity index is 423. The molecule has 0 unspecified atom stereocenters. The van der Waals surface area contributed by atoms with Crippen molar-refractivity contribution in [2.75, 3.05) is 66.5 Å². The normalized spacial score (nSPS) is 23.0.